The second-order valence-corrected chi connectivity index (χ2v) is 9.09. The van der Waals surface area contributed by atoms with Crippen molar-refractivity contribution < 1.29 is 9.53 Å². The van der Waals surface area contributed by atoms with Crippen LogP contribution in [0.15, 0.2) is 54.2 Å². The number of halogens is 3. The quantitative estimate of drug-likeness (QED) is 0.259. The molecule has 0 spiro atoms. The summed E-state index contributed by atoms with van der Waals surface area (Å²) >= 11 is 19.5. The Kier molecular flexibility index (Phi) is 8.48. The van der Waals surface area contributed by atoms with Crippen LogP contribution in [0.4, 0.5) is 5.69 Å². The SMILES string of the molecule is C=CCn1c(SCC(=O)Nc2ccc(Cl)cc2Cl)nnc1C(C)Oc1cc(C)ccc1Cl. The minimum atomic E-state index is -0.419. The largest absolute Gasteiger partial charge is 0.481 e. The molecule has 0 aliphatic rings. The predicted molar refractivity (Wildman–Crippen MR) is 131 cm³/mol. The number of thioether (sulfide) groups is 1. The molecule has 0 aliphatic heterocycles. The maximum atomic E-state index is 12.4. The Morgan fingerprint density at radius 3 is 2.72 bits per heavy atom. The van der Waals surface area contributed by atoms with Crippen LogP contribution >= 0.6 is 46.6 Å². The molecular formula is C22H21Cl3N4O2S. The van der Waals surface area contributed by atoms with Crippen LogP contribution in [0.5, 0.6) is 5.75 Å². The smallest absolute Gasteiger partial charge is 0.234 e. The molecule has 3 rings (SSSR count). The molecule has 1 heterocycles. The van der Waals surface area contributed by atoms with Gasteiger partial charge in [0.25, 0.3) is 0 Å². The van der Waals surface area contributed by atoms with Crippen LogP contribution < -0.4 is 10.1 Å². The number of nitrogens with zero attached hydrogens (tertiary/aromatic N) is 3. The number of aryl methyl sites for hydroxylation is 1. The second-order valence-electron chi connectivity index (χ2n) is 6.90. The van der Waals surface area contributed by atoms with E-state index < -0.39 is 6.10 Å². The summed E-state index contributed by atoms with van der Waals surface area (Å²) < 4.78 is 7.89. The summed E-state index contributed by atoms with van der Waals surface area (Å²) in [6.07, 6.45) is 1.31. The molecule has 0 bridgehead atoms. The van der Waals surface area contributed by atoms with Gasteiger partial charge < -0.3 is 10.1 Å². The third kappa shape index (κ3) is 6.19. The van der Waals surface area contributed by atoms with Gasteiger partial charge in [-0.05, 0) is 49.7 Å². The van der Waals surface area contributed by atoms with Crippen LogP contribution in [0.3, 0.4) is 0 Å². The molecule has 2 aromatic carbocycles. The highest BCUT2D eigenvalue weighted by molar-refractivity contribution is 7.99. The van der Waals surface area contributed by atoms with Crippen molar-refractivity contribution in [1.82, 2.24) is 14.8 Å². The summed E-state index contributed by atoms with van der Waals surface area (Å²) in [5.74, 6) is 1.06. The lowest BCUT2D eigenvalue weighted by Crippen LogP contribution is -2.16. The molecule has 0 fully saturated rings. The normalized spacial score (nSPS) is 11.8. The van der Waals surface area contributed by atoms with E-state index in [4.69, 9.17) is 39.5 Å². The topological polar surface area (TPSA) is 69.0 Å². The molecule has 1 unspecified atom stereocenters. The Bertz CT molecular complexity index is 1140. The molecule has 32 heavy (non-hydrogen) atoms. The Balaban J connectivity index is 1.70. The minimum Gasteiger partial charge on any atom is -0.481 e. The van der Waals surface area contributed by atoms with Gasteiger partial charge in [-0.3, -0.25) is 9.36 Å². The van der Waals surface area contributed by atoms with Crippen molar-refractivity contribution in [3.05, 3.63) is 75.5 Å². The average molecular weight is 512 g/mol. The Hall–Kier alpha value is -2.19. The van der Waals surface area contributed by atoms with Gasteiger partial charge in [0.15, 0.2) is 17.1 Å². The molecular weight excluding hydrogens is 491 g/mol. The van der Waals surface area contributed by atoms with Gasteiger partial charge in [-0.1, -0.05) is 58.7 Å². The van der Waals surface area contributed by atoms with Crippen molar-refractivity contribution >= 4 is 58.2 Å². The van der Waals surface area contributed by atoms with E-state index in [1.54, 1.807) is 30.3 Å². The standard InChI is InChI=1S/C22H21Cl3N4O2S/c1-4-9-29-21(14(3)31-19-10-13(2)5-7-16(19)24)27-28-22(29)32-12-20(30)26-18-8-6-15(23)11-17(18)25/h4-8,10-11,14H,1,9,12H2,2-3H3,(H,26,30). The number of benzene rings is 2. The molecule has 0 saturated carbocycles. The maximum absolute atomic E-state index is 12.4. The highest BCUT2D eigenvalue weighted by atomic mass is 35.5. The second kappa shape index (κ2) is 11.1. The lowest BCUT2D eigenvalue weighted by Gasteiger charge is -2.17. The highest BCUT2D eigenvalue weighted by Crippen LogP contribution is 2.31. The molecule has 1 N–H and O–H groups in total. The van der Waals surface area contributed by atoms with Crippen molar-refractivity contribution in [1.29, 1.82) is 0 Å². The monoisotopic (exact) mass is 510 g/mol. The molecule has 1 atom stereocenters. The summed E-state index contributed by atoms with van der Waals surface area (Å²) in [7, 11) is 0. The zero-order valence-corrected chi connectivity index (χ0v) is 20.5. The molecule has 1 amide bonds. The van der Waals surface area contributed by atoms with Crippen LogP contribution in [0, 0.1) is 6.92 Å². The van der Waals surface area contributed by atoms with Gasteiger partial charge in [-0.15, -0.1) is 16.8 Å². The van der Waals surface area contributed by atoms with Crippen LogP contribution in [-0.4, -0.2) is 26.4 Å². The lowest BCUT2D eigenvalue weighted by molar-refractivity contribution is -0.113. The van der Waals surface area contributed by atoms with Gasteiger partial charge in [0.2, 0.25) is 5.91 Å². The number of nitrogens with one attached hydrogen (secondary N) is 1. The minimum absolute atomic E-state index is 0.118. The number of allylic oxidation sites excluding steroid dienone is 1. The van der Waals surface area contributed by atoms with E-state index in [2.05, 4.69) is 22.1 Å². The Labute approximate surface area is 205 Å². The summed E-state index contributed by atoms with van der Waals surface area (Å²) in [5, 5.41) is 13.2. The predicted octanol–water partition coefficient (Wildman–Crippen LogP) is 6.60. The number of hydrogen-bond donors (Lipinski definition) is 1. The first-order valence-electron chi connectivity index (χ1n) is 9.63. The third-order valence-electron chi connectivity index (χ3n) is 4.35. The van der Waals surface area contributed by atoms with E-state index in [9.17, 15) is 4.79 Å². The van der Waals surface area contributed by atoms with Gasteiger partial charge in [0.05, 0.1) is 21.5 Å². The van der Waals surface area contributed by atoms with Gasteiger partial charge in [-0.25, -0.2) is 0 Å². The zero-order chi connectivity index (χ0) is 23.3. The third-order valence-corrected chi connectivity index (χ3v) is 6.18. The van der Waals surface area contributed by atoms with E-state index in [1.807, 2.05) is 30.5 Å². The fourth-order valence-electron chi connectivity index (χ4n) is 2.86. The number of anilines is 1. The van der Waals surface area contributed by atoms with Gasteiger partial charge in [0, 0.05) is 11.6 Å². The summed E-state index contributed by atoms with van der Waals surface area (Å²) in [4.78, 5) is 12.4. The summed E-state index contributed by atoms with van der Waals surface area (Å²) in [6, 6.07) is 10.5. The van der Waals surface area contributed by atoms with E-state index in [-0.39, 0.29) is 11.7 Å². The fourth-order valence-corrected chi connectivity index (χ4v) is 4.23. The van der Waals surface area contributed by atoms with Crippen molar-refractivity contribution in [2.45, 2.75) is 31.7 Å². The Morgan fingerprint density at radius 1 is 1.22 bits per heavy atom. The molecule has 1 aromatic heterocycles. The molecule has 3 aromatic rings. The first-order chi connectivity index (χ1) is 15.3. The number of aromatic nitrogens is 3. The van der Waals surface area contributed by atoms with Crippen molar-refractivity contribution in [2.24, 2.45) is 0 Å². The van der Waals surface area contributed by atoms with Crippen LogP contribution in [-0.2, 0) is 11.3 Å². The van der Waals surface area contributed by atoms with Gasteiger partial charge >= 0.3 is 0 Å². The Morgan fingerprint density at radius 2 is 2.00 bits per heavy atom. The first kappa shape index (κ1) is 24.5. The van der Waals surface area contributed by atoms with Crippen LogP contribution in [0.1, 0.15) is 24.4 Å². The molecule has 10 heteroatoms. The number of ether oxygens (including phenoxy) is 1. The molecule has 0 aliphatic carbocycles. The lowest BCUT2D eigenvalue weighted by atomic mass is 10.2. The van der Waals surface area contributed by atoms with Crippen LogP contribution in [0.2, 0.25) is 15.1 Å². The van der Waals surface area contributed by atoms with Crippen molar-refractivity contribution in [3.63, 3.8) is 0 Å². The number of carbonyl (C=O) groups is 1. The summed E-state index contributed by atoms with van der Waals surface area (Å²) in [6.45, 7) is 8.10. The van der Waals surface area contributed by atoms with Gasteiger partial charge in [0.1, 0.15) is 5.75 Å². The van der Waals surface area contributed by atoms with Crippen molar-refractivity contribution in [3.8, 4) is 5.75 Å². The zero-order valence-electron chi connectivity index (χ0n) is 17.4. The number of hydrogen-bond acceptors (Lipinski definition) is 5. The molecule has 168 valence electrons. The number of rotatable bonds is 9. The van der Waals surface area contributed by atoms with E-state index in [0.717, 1.165) is 5.56 Å². The highest BCUT2D eigenvalue weighted by Gasteiger charge is 2.21. The molecule has 0 radical (unpaired) electrons. The van der Waals surface area contributed by atoms with E-state index in [1.165, 1.54) is 11.8 Å². The van der Waals surface area contributed by atoms with E-state index in [0.29, 0.717) is 44.0 Å². The molecule has 0 saturated heterocycles. The summed E-state index contributed by atoms with van der Waals surface area (Å²) in [5.41, 5.74) is 1.53. The van der Waals surface area contributed by atoms with Gasteiger partial charge in [-0.2, -0.15) is 0 Å². The number of carbonyl (C=O) groups excluding carboxylic acids is 1. The number of amides is 1. The molecule has 6 nitrogen and oxygen atoms in total. The van der Waals surface area contributed by atoms with Crippen molar-refractivity contribution in [2.75, 3.05) is 11.1 Å². The maximum Gasteiger partial charge on any atom is 0.234 e. The van der Waals surface area contributed by atoms with Crippen LogP contribution in [0.25, 0.3) is 0 Å². The fraction of sp³-hybridized carbons (Fsp3) is 0.227. The van der Waals surface area contributed by atoms with E-state index >= 15 is 0 Å². The average Bonchev–Trinajstić information content (AvgIpc) is 3.14. The first-order valence-corrected chi connectivity index (χ1v) is 11.7.